The molecule has 9 nitrogen and oxygen atoms in total. The fourth-order valence-electron chi connectivity index (χ4n) is 3.45. The van der Waals surface area contributed by atoms with E-state index >= 15 is 0 Å². The Balaban J connectivity index is 1.93. The van der Waals surface area contributed by atoms with Gasteiger partial charge in [0.25, 0.3) is 0 Å². The van der Waals surface area contributed by atoms with Crippen molar-refractivity contribution in [3.63, 3.8) is 0 Å². The minimum Gasteiger partial charge on any atom is -0.493 e. The van der Waals surface area contributed by atoms with E-state index in [4.69, 9.17) is 31.5 Å². The van der Waals surface area contributed by atoms with E-state index in [1.165, 1.54) is 33.5 Å². The quantitative estimate of drug-likeness (QED) is 0.357. The van der Waals surface area contributed by atoms with Crippen molar-refractivity contribution in [3.05, 3.63) is 52.3 Å². The second kappa shape index (κ2) is 12.2. The first-order valence-electron chi connectivity index (χ1n) is 10.6. The number of rotatable bonds is 9. The molecule has 0 aliphatic carbocycles. The Hall–Kier alpha value is -4.19. The van der Waals surface area contributed by atoms with Crippen molar-refractivity contribution in [3.8, 4) is 40.5 Å². The average molecular weight is 542 g/mol. The molecule has 0 fully saturated rings. The zero-order valence-corrected chi connectivity index (χ0v) is 21.6. The molecule has 1 aromatic heterocycles. The van der Waals surface area contributed by atoms with E-state index in [2.05, 4.69) is 16.4 Å². The lowest BCUT2D eigenvalue weighted by Crippen LogP contribution is -2.12. The minimum atomic E-state index is -0.591. The van der Waals surface area contributed by atoms with E-state index in [9.17, 15) is 19.7 Å². The molecule has 3 N–H and O–H groups in total. The Labute approximate surface area is 221 Å². The largest absolute Gasteiger partial charge is 0.493 e. The molecular weight excluding hydrogens is 521 g/mol. The number of nitriles is 2. The molecule has 3 rings (SSSR count). The third kappa shape index (κ3) is 5.97. The van der Waals surface area contributed by atoms with E-state index in [1.54, 1.807) is 12.1 Å². The summed E-state index contributed by atoms with van der Waals surface area (Å²) in [4.78, 5) is 16.6. The summed E-state index contributed by atoms with van der Waals surface area (Å²) in [5.74, 6) is 0.224. The fraction of sp³-hybridized carbons (Fsp3) is 0.200. The minimum absolute atomic E-state index is 0.0149. The van der Waals surface area contributed by atoms with Gasteiger partial charge in [-0.05, 0) is 35.9 Å². The third-order valence-electron chi connectivity index (χ3n) is 5.14. The maximum absolute atomic E-state index is 13.3. The molecule has 0 aliphatic rings. The number of carbonyl (C=O) groups is 1. The average Bonchev–Trinajstić information content (AvgIpc) is 2.89. The van der Waals surface area contributed by atoms with Gasteiger partial charge in [0.05, 0.1) is 31.9 Å². The Morgan fingerprint density at radius 2 is 1.76 bits per heavy atom. The van der Waals surface area contributed by atoms with Gasteiger partial charge in [-0.15, -0.1) is 11.8 Å². The third-order valence-corrected chi connectivity index (χ3v) is 6.41. The number of thioether (sulfide) groups is 1. The van der Waals surface area contributed by atoms with E-state index < -0.39 is 5.82 Å². The van der Waals surface area contributed by atoms with Crippen molar-refractivity contribution in [1.29, 1.82) is 10.5 Å². The molecule has 0 saturated heterocycles. The van der Waals surface area contributed by atoms with Gasteiger partial charge in [0.1, 0.15) is 34.4 Å². The zero-order valence-electron chi connectivity index (χ0n) is 20.0. The molecule has 1 amide bonds. The van der Waals surface area contributed by atoms with Gasteiger partial charge >= 0.3 is 0 Å². The topological polar surface area (TPSA) is 143 Å². The highest BCUT2D eigenvalue weighted by atomic mass is 35.5. The molecule has 12 heteroatoms. The maximum atomic E-state index is 13.3. The summed E-state index contributed by atoms with van der Waals surface area (Å²) in [6.45, 7) is 0. The predicted octanol–water partition coefficient (Wildman–Crippen LogP) is 5.01. The number of benzene rings is 2. The first kappa shape index (κ1) is 27.4. The summed E-state index contributed by atoms with van der Waals surface area (Å²) < 4.78 is 29.5. The number of nitrogens with zero attached hydrogens (tertiary/aromatic N) is 3. The lowest BCUT2D eigenvalue weighted by Gasteiger charge is -2.17. The SMILES string of the molecule is COc1cc(-c2c(C#N)c(N)nc(SCCC(=O)Nc3ccc(F)c(Cl)c3)c2C#N)cc(OC)c1OC. The molecule has 0 spiro atoms. The van der Waals surface area contributed by atoms with Gasteiger partial charge in [-0.25, -0.2) is 9.37 Å². The molecule has 1 heterocycles. The molecule has 2 aromatic carbocycles. The van der Waals surface area contributed by atoms with Crippen LogP contribution in [0.1, 0.15) is 17.5 Å². The smallest absolute Gasteiger partial charge is 0.225 e. The highest BCUT2D eigenvalue weighted by Crippen LogP contribution is 2.44. The Morgan fingerprint density at radius 3 is 2.30 bits per heavy atom. The van der Waals surface area contributed by atoms with Crippen LogP contribution >= 0.6 is 23.4 Å². The Kier molecular flexibility index (Phi) is 9.01. The van der Waals surface area contributed by atoms with Gasteiger partial charge in [0, 0.05) is 23.4 Å². The molecule has 0 radical (unpaired) electrons. The number of aromatic nitrogens is 1. The first-order chi connectivity index (χ1) is 17.8. The summed E-state index contributed by atoms with van der Waals surface area (Å²) in [5.41, 5.74) is 7.25. The number of hydrogen-bond acceptors (Lipinski definition) is 9. The molecular formula is C25H21ClFN5O4S. The van der Waals surface area contributed by atoms with Crippen molar-refractivity contribution in [1.82, 2.24) is 4.98 Å². The van der Waals surface area contributed by atoms with Gasteiger partial charge < -0.3 is 25.3 Å². The number of nitrogen functional groups attached to an aromatic ring is 1. The Bertz CT molecular complexity index is 1410. The number of carbonyl (C=O) groups excluding carboxylic acids is 1. The second-order valence-electron chi connectivity index (χ2n) is 7.34. The van der Waals surface area contributed by atoms with Crippen LogP contribution in [0.5, 0.6) is 17.2 Å². The summed E-state index contributed by atoms with van der Waals surface area (Å²) in [5, 5.41) is 22.6. The molecule has 0 saturated carbocycles. The number of nitrogens with one attached hydrogen (secondary N) is 1. The van der Waals surface area contributed by atoms with Crippen molar-refractivity contribution in [2.75, 3.05) is 38.1 Å². The normalized spacial score (nSPS) is 10.2. The molecule has 3 aromatic rings. The van der Waals surface area contributed by atoms with Gasteiger partial charge in [-0.2, -0.15) is 10.5 Å². The van der Waals surface area contributed by atoms with Crippen LogP contribution in [0.2, 0.25) is 5.02 Å². The van der Waals surface area contributed by atoms with Gasteiger partial charge in [0.15, 0.2) is 11.5 Å². The van der Waals surface area contributed by atoms with E-state index in [0.717, 1.165) is 17.8 Å². The lowest BCUT2D eigenvalue weighted by molar-refractivity contribution is -0.115. The van der Waals surface area contributed by atoms with Crippen molar-refractivity contribution in [2.24, 2.45) is 0 Å². The van der Waals surface area contributed by atoms with Gasteiger partial charge in [-0.3, -0.25) is 4.79 Å². The van der Waals surface area contributed by atoms with Crippen molar-refractivity contribution in [2.45, 2.75) is 11.4 Å². The molecule has 0 unspecified atom stereocenters. The second-order valence-corrected chi connectivity index (χ2v) is 8.83. The highest BCUT2D eigenvalue weighted by molar-refractivity contribution is 7.99. The molecule has 190 valence electrons. The number of pyridine rings is 1. The van der Waals surface area contributed by atoms with E-state index in [0.29, 0.717) is 28.5 Å². The molecule has 0 atom stereocenters. The van der Waals surface area contributed by atoms with Crippen LogP contribution in [0.25, 0.3) is 11.1 Å². The van der Waals surface area contributed by atoms with Crippen molar-refractivity contribution >= 4 is 40.8 Å². The van der Waals surface area contributed by atoms with E-state index in [-0.39, 0.29) is 50.6 Å². The van der Waals surface area contributed by atoms with Crippen LogP contribution in [0, 0.1) is 28.5 Å². The number of nitrogens with two attached hydrogens (primary N) is 1. The lowest BCUT2D eigenvalue weighted by atomic mass is 9.96. The van der Waals surface area contributed by atoms with Crippen LogP contribution in [0.15, 0.2) is 35.4 Å². The number of hydrogen-bond donors (Lipinski definition) is 2. The molecule has 37 heavy (non-hydrogen) atoms. The molecule has 0 bridgehead atoms. The fourth-order valence-corrected chi connectivity index (χ4v) is 4.57. The summed E-state index contributed by atoms with van der Waals surface area (Å²) >= 11 is 6.88. The standard InChI is InChI=1S/C25H21ClFN5O4S/c1-34-19-8-13(9-20(35-2)23(19)36-3)22-15(11-28)24(30)32-25(16(22)12-29)37-7-6-21(33)31-14-4-5-18(27)17(26)10-14/h4-5,8-10H,6-7H2,1-3H3,(H2,30,32)(H,31,33). The number of halogens is 2. The maximum Gasteiger partial charge on any atom is 0.225 e. The van der Waals surface area contributed by atoms with Crippen LogP contribution in [-0.2, 0) is 4.79 Å². The van der Waals surface area contributed by atoms with E-state index in [1.807, 2.05) is 6.07 Å². The van der Waals surface area contributed by atoms with Crippen LogP contribution in [0.3, 0.4) is 0 Å². The number of amides is 1. The number of anilines is 2. The molecule has 0 aliphatic heterocycles. The van der Waals surface area contributed by atoms with Gasteiger partial charge in [0.2, 0.25) is 11.7 Å². The highest BCUT2D eigenvalue weighted by Gasteiger charge is 2.23. The number of ether oxygens (including phenoxy) is 3. The number of methoxy groups -OCH3 is 3. The summed E-state index contributed by atoms with van der Waals surface area (Å²) in [6, 6.07) is 11.2. The van der Waals surface area contributed by atoms with Crippen LogP contribution in [-0.4, -0.2) is 38.0 Å². The Morgan fingerprint density at radius 1 is 1.11 bits per heavy atom. The predicted molar refractivity (Wildman–Crippen MR) is 139 cm³/mol. The van der Waals surface area contributed by atoms with Crippen LogP contribution in [0.4, 0.5) is 15.9 Å². The van der Waals surface area contributed by atoms with Gasteiger partial charge in [-0.1, -0.05) is 11.6 Å². The summed E-state index contributed by atoms with van der Waals surface area (Å²) in [6.07, 6.45) is 0.0473. The van der Waals surface area contributed by atoms with Crippen LogP contribution < -0.4 is 25.3 Å². The monoisotopic (exact) mass is 541 g/mol. The van der Waals surface area contributed by atoms with Crippen molar-refractivity contribution < 1.29 is 23.4 Å². The first-order valence-corrected chi connectivity index (χ1v) is 12.0. The zero-order chi connectivity index (χ0) is 27.1. The summed E-state index contributed by atoms with van der Waals surface area (Å²) in [7, 11) is 4.36.